The van der Waals surface area contributed by atoms with Crippen LogP contribution in [-0.2, 0) is 16.1 Å². The van der Waals surface area contributed by atoms with Crippen molar-refractivity contribution in [2.75, 3.05) is 0 Å². The van der Waals surface area contributed by atoms with Crippen molar-refractivity contribution < 1.29 is 19.5 Å². The van der Waals surface area contributed by atoms with Crippen molar-refractivity contribution in [3.05, 3.63) is 35.4 Å². The van der Waals surface area contributed by atoms with Crippen LogP contribution < -0.4 is 16.4 Å². The Balaban J connectivity index is 2.50. The van der Waals surface area contributed by atoms with Gasteiger partial charge < -0.3 is 21.5 Å². The van der Waals surface area contributed by atoms with Gasteiger partial charge >= 0.3 is 12.0 Å². The third-order valence-electron chi connectivity index (χ3n) is 2.54. The number of nitrogens with two attached hydrogens (primary N) is 1. The molecule has 21 heavy (non-hydrogen) atoms. The van der Waals surface area contributed by atoms with Gasteiger partial charge in [-0.25, -0.2) is 9.59 Å². The van der Waals surface area contributed by atoms with Crippen molar-refractivity contribution in [1.82, 2.24) is 10.6 Å². The molecule has 0 heterocycles. The maximum Gasteiger partial charge on any atom is 0.326 e. The minimum absolute atomic E-state index is 0.153. The van der Waals surface area contributed by atoms with Gasteiger partial charge in [0.05, 0.1) is 18.1 Å². The van der Waals surface area contributed by atoms with E-state index in [2.05, 4.69) is 10.6 Å². The second-order valence-corrected chi connectivity index (χ2v) is 4.20. The number of primary amides is 1. The highest BCUT2D eigenvalue weighted by Gasteiger charge is 2.21. The molecule has 0 radical (unpaired) electrons. The van der Waals surface area contributed by atoms with E-state index in [1.807, 2.05) is 6.07 Å². The van der Waals surface area contributed by atoms with Crippen LogP contribution in [0.1, 0.15) is 17.5 Å². The molecular weight excluding hydrogens is 276 g/mol. The zero-order valence-corrected chi connectivity index (χ0v) is 11.0. The lowest BCUT2D eigenvalue weighted by Gasteiger charge is -2.13. The topological polar surface area (TPSA) is 145 Å². The molecule has 0 aromatic heterocycles. The van der Waals surface area contributed by atoms with Gasteiger partial charge in [-0.15, -0.1) is 0 Å². The van der Waals surface area contributed by atoms with Crippen LogP contribution in [-0.4, -0.2) is 29.1 Å². The first-order chi connectivity index (χ1) is 9.92. The summed E-state index contributed by atoms with van der Waals surface area (Å²) in [4.78, 5) is 33.1. The number of carbonyl (C=O) groups is 3. The number of carboxylic acids is 1. The number of carboxylic acid groups (broad SMARTS) is 1. The number of amides is 3. The zero-order valence-electron chi connectivity index (χ0n) is 11.0. The lowest BCUT2D eigenvalue weighted by atomic mass is 10.1. The van der Waals surface area contributed by atoms with Gasteiger partial charge in [0.1, 0.15) is 6.04 Å². The number of carbonyl (C=O) groups excluding carboxylic acids is 2. The molecule has 8 heteroatoms. The molecule has 3 amide bonds. The minimum Gasteiger partial charge on any atom is -0.480 e. The van der Waals surface area contributed by atoms with Crippen molar-refractivity contribution >= 4 is 17.9 Å². The highest BCUT2D eigenvalue weighted by molar-refractivity contribution is 5.87. The number of aliphatic carboxylic acids is 1. The number of hydrogen-bond donors (Lipinski definition) is 4. The molecule has 1 rings (SSSR count). The Labute approximate surface area is 120 Å². The third kappa shape index (κ3) is 5.61. The highest BCUT2D eigenvalue weighted by atomic mass is 16.4. The van der Waals surface area contributed by atoms with Gasteiger partial charge in [-0.3, -0.25) is 4.79 Å². The largest absolute Gasteiger partial charge is 0.480 e. The summed E-state index contributed by atoms with van der Waals surface area (Å²) in [6, 6.07) is 6.39. The molecule has 8 nitrogen and oxygen atoms in total. The molecule has 1 aromatic carbocycles. The number of nitrogens with zero attached hydrogens (tertiary/aromatic N) is 1. The van der Waals surface area contributed by atoms with E-state index in [1.54, 1.807) is 24.3 Å². The summed E-state index contributed by atoms with van der Waals surface area (Å²) in [6.07, 6.45) is -0.486. The SMILES string of the molecule is N#Cc1ccc(CNC(=O)N[C@H](CC(N)=O)C(=O)O)cc1. The maximum atomic E-state index is 11.5. The van der Waals surface area contributed by atoms with Gasteiger partial charge in [-0.1, -0.05) is 12.1 Å². The molecule has 0 saturated carbocycles. The zero-order chi connectivity index (χ0) is 15.8. The smallest absolute Gasteiger partial charge is 0.326 e. The molecule has 0 aliphatic rings. The monoisotopic (exact) mass is 290 g/mol. The van der Waals surface area contributed by atoms with E-state index in [9.17, 15) is 14.4 Å². The Morgan fingerprint density at radius 3 is 2.38 bits per heavy atom. The second kappa shape index (κ2) is 7.49. The van der Waals surface area contributed by atoms with Crippen LogP contribution in [0.15, 0.2) is 24.3 Å². The number of benzene rings is 1. The molecule has 0 aliphatic carbocycles. The van der Waals surface area contributed by atoms with Crippen molar-refractivity contribution in [2.45, 2.75) is 19.0 Å². The summed E-state index contributed by atoms with van der Waals surface area (Å²) in [5, 5.41) is 22.1. The Morgan fingerprint density at radius 2 is 1.90 bits per heavy atom. The summed E-state index contributed by atoms with van der Waals surface area (Å²) in [6.45, 7) is 0.153. The molecule has 1 aromatic rings. The standard InChI is InChI=1S/C13H14N4O4/c14-6-8-1-3-9(4-2-8)7-16-13(21)17-10(12(19)20)5-11(15)18/h1-4,10H,5,7H2,(H2,15,18)(H,19,20)(H2,16,17,21)/t10-/m1/s1. The predicted octanol–water partition coefficient (Wildman–Crippen LogP) is -0.314. The number of urea groups is 1. The first kappa shape index (κ1) is 16.0. The predicted molar refractivity (Wildman–Crippen MR) is 71.8 cm³/mol. The number of rotatable bonds is 6. The van der Waals surface area contributed by atoms with Crippen LogP contribution in [0.2, 0.25) is 0 Å². The van der Waals surface area contributed by atoms with Gasteiger partial charge in [0, 0.05) is 6.54 Å². The van der Waals surface area contributed by atoms with Crippen LogP contribution in [0.5, 0.6) is 0 Å². The van der Waals surface area contributed by atoms with Gasteiger partial charge in [-0.2, -0.15) is 5.26 Å². The first-order valence-corrected chi connectivity index (χ1v) is 5.97. The normalized spacial score (nSPS) is 11.0. The molecule has 0 bridgehead atoms. The second-order valence-electron chi connectivity index (χ2n) is 4.20. The van der Waals surface area contributed by atoms with Crippen LogP contribution in [0.25, 0.3) is 0 Å². The molecule has 0 fully saturated rings. The van der Waals surface area contributed by atoms with E-state index in [0.717, 1.165) is 5.56 Å². The molecule has 0 unspecified atom stereocenters. The van der Waals surface area contributed by atoms with Crippen LogP contribution in [0, 0.1) is 11.3 Å². The fourth-order valence-corrected chi connectivity index (χ4v) is 1.49. The van der Waals surface area contributed by atoms with Crippen molar-refractivity contribution in [1.29, 1.82) is 5.26 Å². The summed E-state index contributed by atoms with van der Waals surface area (Å²) in [7, 11) is 0. The molecule has 1 atom stereocenters. The van der Waals surface area contributed by atoms with Gasteiger partial charge in [0.2, 0.25) is 5.91 Å². The van der Waals surface area contributed by atoms with Crippen LogP contribution in [0.4, 0.5) is 4.79 Å². The summed E-state index contributed by atoms with van der Waals surface area (Å²) in [5.74, 6) is -2.17. The first-order valence-electron chi connectivity index (χ1n) is 5.97. The van der Waals surface area contributed by atoms with Crippen LogP contribution >= 0.6 is 0 Å². The third-order valence-corrected chi connectivity index (χ3v) is 2.54. The minimum atomic E-state index is -1.37. The van der Waals surface area contributed by atoms with Gasteiger partial charge in [-0.05, 0) is 17.7 Å². The van der Waals surface area contributed by atoms with E-state index in [4.69, 9.17) is 16.1 Å². The molecule has 0 aliphatic heterocycles. The molecule has 5 N–H and O–H groups in total. The maximum absolute atomic E-state index is 11.5. The highest BCUT2D eigenvalue weighted by Crippen LogP contribution is 2.02. The average molecular weight is 290 g/mol. The van der Waals surface area contributed by atoms with E-state index < -0.39 is 30.4 Å². The summed E-state index contributed by atoms with van der Waals surface area (Å²) < 4.78 is 0. The molecule has 110 valence electrons. The molecule has 0 spiro atoms. The fraction of sp³-hybridized carbons (Fsp3) is 0.231. The summed E-state index contributed by atoms with van der Waals surface area (Å²) >= 11 is 0. The average Bonchev–Trinajstić information content (AvgIpc) is 2.44. The van der Waals surface area contributed by atoms with Gasteiger partial charge in [0.15, 0.2) is 0 Å². The van der Waals surface area contributed by atoms with E-state index in [1.165, 1.54) is 0 Å². The Bertz CT molecular complexity index is 577. The molecule has 0 saturated heterocycles. The Kier molecular flexibility index (Phi) is 5.70. The van der Waals surface area contributed by atoms with E-state index in [0.29, 0.717) is 5.56 Å². The van der Waals surface area contributed by atoms with Crippen LogP contribution in [0.3, 0.4) is 0 Å². The lowest BCUT2D eigenvalue weighted by Crippen LogP contribution is -2.47. The van der Waals surface area contributed by atoms with Crippen molar-refractivity contribution in [3.8, 4) is 6.07 Å². The lowest BCUT2D eigenvalue weighted by molar-refractivity contribution is -0.140. The molecular formula is C13H14N4O4. The summed E-state index contributed by atoms with van der Waals surface area (Å²) in [5.41, 5.74) is 6.14. The Hall–Kier alpha value is -3.08. The van der Waals surface area contributed by atoms with E-state index >= 15 is 0 Å². The van der Waals surface area contributed by atoms with Crippen molar-refractivity contribution in [3.63, 3.8) is 0 Å². The fourth-order valence-electron chi connectivity index (χ4n) is 1.49. The van der Waals surface area contributed by atoms with Crippen molar-refractivity contribution in [2.24, 2.45) is 5.73 Å². The van der Waals surface area contributed by atoms with Gasteiger partial charge in [0.25, 0.3) is 0 Å². The van der Waals surface area contributed by atoms with E-state index in [-0.39, 0.29) is 6.54 Å². The Morgan fingerprint density at radius 1 is 1.29 bits per heavy atom. The number of nitrogens with one attached hydrogen (secondary N) is 2. The quantitative estimate of drug-likeness (QED) is 0.567. The number of nitriles is 1. The number of hydrogen-bond acceptors (Lipinski definition) is 4.